The van der Waals surface area contributed by atoms with Gasteiger partial charge in [-0.15, -0.1) is 0 Å². The van der Waals surface area contributed by atoms with Gasteiger partial charge in [-0.05, 0) is 54.9 Å². The standard InChI is InChI=1S/C15H24O/c1-11-5-4-6-12(10-16)7-8-14-13(11)9-15(14,2)3/h6,13-14,16H,1,4-5,7-10H2,2-3H3/t13-,14-/m1/s1. The third-order valence-electron chi connectivity index (χ3n) is 4.64. The Kier molecular flexibility index (Phi) is 3.25. The van der Waals surface area contributed by atoms with Gasteiger partial charge in [-0.2, -0.15) is 0 Å². The zero-order valence-corrected chi connectivity index (χ0v) is 10.6. The van der Waals surface area contributed by atoms with Crippen molar-refractivity contribution in [2.24, 2.45) is 17.3 Å². The fourth-order valence-corrected chi connectivity index (χ4v) is 3.50. The van der Waals surface area contributed by atoms with E-state index >= 15 is 0 Å². The van der Waals surface area contributed by atoms with Crippen LogP contribution in [0.5, 0.6) is 0 Å². The Morgan fingerprint density at radius 3 is 2.81 bits per heavy atom. The van der Waals surface area contributed by atoms with Crippen molar-refractivity contribution in [3.05, 3.63) is 23.8 Å². The fourth-order valence-electron chi connectivity index (χ4n) is 3.50. The molecule has 0 spiro atoms. The van der Waals surface area contributed by atoms with Gasteiger partial charge in [-0.3, -0.25) is 0 Å². The van der Waals surface area contributed by atoms with Gasteiger partial charge in [0.2, 0.25) is 0 Å². The Balaban J connectivity index is 2.11. The van der Waals surface area contributed by atoms with Crippen molar-refractivity contribution in [2.45, 2.75) is 46.0 Å². The SMILES string of the molecule is C=C1CCC=C(CO)CC[C@@H]2[C@@H]1CC2(C)C. The van der Waals surface area contributed by atoms with Crippen LogP contribution in [-0.2, 0) is 0 Å². The van der Waals surface area contributed by atoms with Crippen molar-refractivity contribution in [3.8, 4) is 0 Å². The highest BCUT2D eigenvalue weighted by Crippen LogP contribution is 2.56. The summed E-state index contributed by atoms with van der Waals surface area (Å²) >= 11 is 0. The molecular weight excluding hydrogens is 196 g/mol. The number of aliphatic hydroxyl groups excluding tert-OH is 1. The molecule has 2 atom stereocenters. The monoisotopic (exact) mass is 220 g/mol. The molecule has 0 unspecified atom stereocenters. The first-order valence-electron chi connectivity index (χ1n) is 6.51. The topological polar surface area (TPSA) is 20.2 Å². The molecule has 1 heteroatoms. The maximum Gasteiger partial charge on any atom is 0.0641 e. The van der Waals surface area contributed by atoms with Gasteiger partial charge >= 0.3 is 0 Å². The van der Waals surface area contributed by atoms with Crippen LogP contribution in [0.2, 0.25) is 0 Å². The third-order valence-corrected chi connectivity index (χ3v) is 4.64. The van der Waals surface area contributed by atoms with E-state index in [1.165, 1.54) is 24.0 Å². The van der Waals surface area contributed by atoms with Crippen LogP contribution in [0, 0.1) is 17.3 Å². The summed E-state index contributed by atoms with van der Waals surface area (Å²) in [6.07, 6.45) is 8.02. The van der Waals surface area contributed by atoms with Crippen molar-refractivity contribution < 1.29 is 5.11 Å². The zero-order chi connectivity index (χ0) is 11.8. The zero-order valence-electron chi connectivity index (χ0n) is 10.6. The maximum atomic E-state index is 9.28. The summed E-state index contributed by atoms with van der Waals surface area (Å²) in [6.45, 7) is 9.26. The van der Waals surface area contributed by atoms with Crippen LogP contribution >= 0.6 is 0 Å². The molecule has 0 heterocycles. The lowest BCUT2D eigenvalue weighted by Gasteiger charge is -2.53. The van der Waals surface area contributed by atoms with E-state index in [2.05, 4.69) is 26.5 Å². The Hall–Kier alpha value is -0.560. The average Bonchev–Trinajstić information content (AvgIpc) is 2.28. The first kappa shape index (κ1) is 11.9. The second-order valence-electron chi connectivity index (χ2n) is 6.16. The van der Waals surface area contributed by atoms with E-state index in [-0.39, 0.29) is 6.61 Å². The van der Waals surface area contributed by atoms with Gasteiger partial charge in [0.05, 0.1) is 6.61 Å². The lowest BCUT2D eigenvalue weighted by atomic mass is 9.52. The normalized spacial score (nSPS) is 33.9. The largest absolute Gasteiger partial charge is 0.392 e. The van der Waals surface area contributed by atoms with E-state index in [1.54, 1.807) is 0 Å². The van der Waals surface area contributed by atoms with E-state index in [4.69, 9.17) is 0 Å². The van der Waals surface area contributed by atoms with Crippen molar-refractivity contribution in [1.29, 1.82) is 0 Å². The molecule has 0 aromatic heterocycles. The minimum atomic E-state index is 0.240. The second kappa shape index (κ2) is 4.37. The maximum absolute atomic E-state index is 9.28. The first-order valence-corrected chi connectivity index (χ1v) is 6.51. The molecule has 1 saturated carbocycles. The van der Waals surface area contributed by atoms with Gasteiger partial charge in [0.1, 0.15) is 0 Å². The molecule has 0 amide bonds. The summed E-state index contributed by atoms with van der Waals surface area (Å²) in [5, 5.41) is 9.28. The molecule has 1 fully saturated rings. The van der Waals surface area contributed by atoms with Crippen LogP contribution in [0.1, 0.15) is 46.0 Å². The Morgan fingerprint density at radius 1 is 1.44 bits per heavy atom. The highest BCUT2D eigenvalue weighted by molar-refractivity contribution is 5.16. The molecule has 0 bridgehead atoms. The van der Waals surface area contributed by atoms with Gasteiger partial charge in [0, 0.05) is 0 Å². The van der Waals surface area contributed by atoms with Crippen LogP contribution in [0.25, 0.3) is 0 Å². The lowest BCUT2D eigenvalue weighted by molar-refractivity contribution is 0.00350. The Morgan fingerprint density at radius 2 is 2.19 bits per heavy atom. The number of hydrogen-bond acceptors (Lipinski definition) is 1. The quantitative estimate of drug-likeness (QED) is 0.668. The highest BCUT2D eigenvalue weighted by atomic mass is 16.3. The number of hydrogen-bond donors (Lipinski definition) is 1. The van der Waals surface area contributed by atoms with E-state index in [9.17, 15) is 5.11 Å². The molecule has 0 aromatic carbocycles. The van der Waals surface area contributed by atoms with Crippen molar-refractivity contribution in [3.63, 3.8) is 0 Å². The fraction of sp³-hybridized carbons (Fsp3) is 0.733. The Labute approximate surface area is 99.3 Å². The predicted octanol–water partition coefficient (Wildman–Crippen LogP) is 3.70. The summed E-state index contributed by atoms with van der Waals surface area (Å²) in [4.78, 5) is 0. The van der Waals surface area contributed by atoms with Gasteiger partial charge < -0.3 is 5.11 Å². The first-order chi connectivity index (χ1) is 7.54. The number of allylic oxidation sites excluding steroid dienone is 2. The predicted molar refractivity (Wildman–Crippen MR) is 68.2 cm³/mol. The molecule has 1 nitrogen and oxygen atoms in total. The highest BCUT2D eigenvalue weighted by Gasteiger charge is 2.47. The molecule has 16 heavy (non-hydrogen) atoms. The van der Waals surface area contributed by atoms with Crippen molar-refractivity contribution in [1.82, 2.24) is 0 Å². The summed E-state index contributed by atoms with van der Waals surface area (Å²) in [5.41, 5.74) is 3.16. The second-order valence-corrected chi connectivity index (χ2v) is 6.16. The van der Waals surface area contributed by atoms with E-state index in [1.807, 2.05) is 0 Å². The van der Waals surface area contributed by atoms with Gasteiger partial charge in [-0.25, -0.2) is 0 Å². The average molecular weight is 220 g/mol. The van der Waals surface area contributed by atoms with Crippen LogP contribution < -0.4 is 0 Å². The van der Waals surface area contributed by atoms with Gasteiger partial charge in [0.15, 0.2) is 0 Å². The smallest absolute Gasteiger partial charge is 0.0641 e. The van der Waals surface area contributed by atoms with Crippen LogP contribution in [0.4, 0.5) is 0 Å². The van der Waals surface area contributed by atoms with Crippen molar-refractivity contribution >= 4 is 0 Å². The molecule has 2 aliphatic carbocycles. The van der Waals surface area contributed by atoms with Gasteiger partial charge in [0.25, 0.3) is 0 Å². The van der Waals surface area contributed by atoms with E-state index in [0.717, 1.165) is 31.1 Å². The van der Waals surface area contributed by atoms with Gasteiger partial charge in [-0.1, -0.05) is 32.1 Å². The van der Waals surface area contributed by atoms with E-state index in [0.29, 0.717) is 5.41 Å². The molecule has 2 rings (SSSR count). The van der Waals surface area contributed by atoms with Crippen LogP contribution in [0.3, 0.4) is 0 Å². The summed E-state index contributed by atoms with van der Waals surface area (Å²) < 4.78 is 0. The molecule has 0 radical (unpaired) electrons. The van der Waals surface area contributed by atoms with E-state index < -0.39 is 0 Å². The third kappa shape index (κ3) is 2.10. The minimum absolute atomic E-state index is 0.240. The van der Waals surface area contributed by atoms with Crippen molar-refractivity contribution in [2.75, 3.05) is 6.61 Å². The molecule has 0 aliphatic heterocycles. The number of rotatable bonds is 1. The molecule has 1 N–H and O–H groups in total. The Bertz CT molecular complexity index is 311. The molecule has 0 saturated heterocycles. The molecule has 2 aliphatic rings. The number of fused-ring (bicyclic) bond motifs is 1. The summed E-state index contributed by atoms with van der Waals surface area (Å²) in [7, 11) is 0. The summed E-state index contributed by atoms with van der Waals surface area (Å²) in [5.74, 6) is 1.54. The molecule has 90 valence electrons. The van der Waals surface area contributed by atoms with Crippen LogP contribution in [0.15, 0.2) is 23.8 Å². The summed E-state index contributed by atoms with van der Waals surface area (Å²) in [6, 6.07) is 0. The molecular formula is C15H24O. The molecule has 0 aromatic rings. The number of aliphatic hydroxyl groups is 1. The lowest BCUT2D eigenvalue weighted by Crippen LogP contribution is -2.44. The minimum Gasteiger partial charge on any atom is -0.392 e. The van der Waals surface area contributed by atoms with Crippen LogP contribution in [-0.4, -0.2) is 11.7 Å².